The number of hydrogen-bond acceptors (Lipinski definition) is 6. The minimum absolute atomic E-state index is 0.0503. The van der Waals surface area contributed by atoms with E-state index in [-0.39, 0.29) is 31.2 Å². The molecular weight excluding hydrogens is 443 g/mol. The number of carboxylic acids is 1. The molecule has 8 nitrogen and oxygen atoms in total. The van der Waals surface area contributed by atoms with Gasteiger partial charge in [-0.3, -0.25) is 4.79 Å². The number of aliphatic carboxylic acids is 1. The van der Waals surface area contributed by atoms with E-state index < -0.39 is 35.4 Å². The van der Waals surface area contributed by atoms with Gasteiger partial charge in [-0.05, 0) is 23.6 Å². The first-order valence-electron chi connectivity index (χ1n) is 10.4. The summed E-state index contributed by atoms with van der Waals surface area (Å²) in [5.41, 5.74) is -2.18. The number of carboxylic acid groups (broad SMARTS) is 1. The molecule has 0 bridgehead atoms. The summed E-state index contributed by atoms with van der Waals surface area (Å²) in [6.45, 7) is 4.09. The van der Waals surface area contributed by atoms with Gasteiger partial charge in [-0.1, -0.05) is 26.0 Å². The fraction of sp³-hybridized carbons (Fsp3) is 0.500. The van der Waals surface area contributed by atoms with Crippen LogP contribution in [0.1, 0.15) is 31.4 Å². The minimum atomic E-state index is -4.93. The molecule has 2 aromatic rings. The normalized spacial score (nSPS) is 18.7. The van der Waals surface area contributed by atoms with E-state index in [9.17, 15) is 27.9 Å². The van der Waals surface area contributed by atoms with Crippen LogP contribution in [0.2, 0.25) is 0 Å². The lowest BCUT2D eigenvalue weighted by Crippen LogP contribution is -2.39. The van der Waals surface area contributed by atoms with E-state index in [4.69, 9.17) is 9.47 Å². The molecule has 1 N–H and O–H groups in total. The van der Waals surface area contributed by atoms with Crippen molar-refractivity contribution >= 4 is 11.8 Å². The quantitative estimate of drug-likeness (QED) is 0.635. The fourth-order valence-electron chi connectivity index (χ4n) is 3.62. The molecule has 0 unspecified atom stereocenters. The molecule has 0 spiro atoms. The smallest absolute Gasteiger partial charge is 0.421 e. The Morgan fingerprint density at radius 3 is 2.48 bits per heavy atom. The molecule has 0 radical (unpaired) electrons. The molecule has 180 valence electrons. The maximum atomic E-state index is 13.7. The summed E-state index contributed by atoms with van der Waals surface area (Å²) in [6, 6.07) is 5.95. The Labute approximate surface area is 188 Å². The number of nitrogens with zero attached hydrogens (tertiary/aromatic N) is 3. The number of hydrogen-bond donors (Lipinski definition) is 1. The minimum Gasteiger partial charge on any atom is -0.497 e. The largest absolute Gasteiger partial charge is 0.497 e. The Morgan fingerprint density at radius 2 is 1.94 bits per heavy atom. The monoisotopic (exact) mass is 469 g/mol. The van der Waals surface area contributed by atoms with Crippen molar-refractivity contribution < 1.29 is 32.5 Å². The highest BCUT2D eigenvalue weighted by Crippen LogP contribution is 2.31. The van der Waals surface area contributed by atoms with Crippen molar-refractivity contribution in [2.45, 2.75) is 45.1 Å². The van der Waals surface area contributed by atoms with Crippen LogP contribution in [0.15, 0.2) is 35.1 Å². The molecule has 0 saturated carbocycles. The average Bonchev–Trinajstić information content (AvgIpc) is 3.18. The van der Waals surface area contributed by atoms with Gasteiger partial charge in [0.05, 0.1) is 19.8 Å². The molecule has 33 heavy (non-hydrogen) atoms. The van der Waals surface area contributed by atoms with Crippen LogP contribution in [0.4, 0.5) is 19.0 Å². The summed E-state index contributed by atoms with van der Waals surface area (Å²) < 4.78 is 52.5. The van der Waals surface area contributed by atoms with E-state index in [0.717, 1.165) is 0 Å². The van der Waals surface area contributed by atoms with Gasteiger partial charge in [-0.2, -0.15) is 18.3 Å². The van der Waals surface area contributed by atoms with Gasteiger partial charge in [0.1, 0.15) is 17.4 Å². The van der Waals surface area contributed by atoms with E-state index >= 15 is 0 Å². The zero-order valence-corrected chi connectivity index (χ0v) is 18.5. The summed E-state index contributed by atoms with van der Waals surface area (Å²) in [5.74, 6) is -0.673. The van der Waals surface area contributed by atoms with Crippen LogP contribution in [0.3, 0.4) is 0 Å². The van der Waals surface area contributed by atoms with Crippen molar-refractivity contribution in [1.29, 1.82) is 0 Å². The van der Waals surface area contributed by atoms with Crippen molar-refractivity contribution in [2.24, 2.45) is 5.92 Å². The average molecular weight is 469 g/mol. The van der Waals surface area contributed by atoms with Crippen molar-refractivity contribution in [3.63, 3.8) is 0 Å². The van der Waals surface area contributed by atoms with Gasteiger partial charge in [-0.15, -0.1) is 0 Å². The lowest BCUT2D eigenvalue weighted by atomic mass is 10.2. The van der Waals surface area contributed by atoms with Crippen molar-refractivity contribution in [3.8, 4) is 5.75 Å². The van der Waals surface area contributed by atoms with Gasteiger partial charge in [0.25, 0.3) is 5.56 Å². The number of rotatable bonds is 8. The predicted octanol–water partition coefficient (Wildman–Crippen LogP) is 3.02. The summed E-state index contributed by atoms with van der Waals surface area (Å²) in [5, 5.41) is 13.8. The maximum absolute atomic E-state index is 13.7. The van der Waals surface area contributed by atoms with Crippen LogP contribution < -0.4 is 15.2 Å². The third kappa shape index (κ3) is 5.84. The zero-order valence-electron chi connectivity index (χ0n) is 18.5. The van der Waals surface area contributed by atoms with Gasteiger partial charge < -0.3 is 19.5 Å². The fourth-order valence-corrected chi connectivity index (χ4v) is 3.62. The van der Waals surface area contributed by atoms with Gasteiger partial charge in [0.15, 0.2) is 5.82 Å². The Balaban J connectivity index is 2.00. The van der Waals surface area contributed by atoms with Crippen LogP contribution in [0, 0.1) is 5.92 Å². The third-order valence-corrected chi connectivity index (χ3v) is 5.27. The predicted molar refractivity (Wildman–Crippen MR) is 114 cm³/mol. The number of methoxy groups -OCH3 is 1. The molecule has 0 aliphatic carbocycles. The number of aromatic nitrogens is 2. The van der Waals surface area contributed by atoms with E-state index in [0.29, 0.717) is 28.7 Å². The lowest BCUT2D eigenvalue weighted by molar-refractivity contribution is -0.139. The molecule has 2 heterocycles. The van der Waals surface area contributed by atoms with Gasteiger partial charge in [0, 0.05) is 25.6 Å². The third-order valence-electron chi connectivity index (χ3n) is 5.27. The second kappa shape index (κ2) is 9.82. The Bertz CT molecular complexity index is 1040. The van der Waals surface area contributed by atoms with Crippen molar-refractivity contribution in [1.82, 2.24) is 9.78 Å². The number of carbonyl (C=O) groups is 1. The Morgan fingerprint density at radius 1 is 1.27 bits per heavy atom. The van der Waals surface area contributed by atoms with Crippen molar-refractivity contribution in [2.75, 3.05) is 25.2 Å². The highest BCUT2D eigenvalue weighted by molar-refractivity contribution is 5.78. The number of alkyl halides is 3. The molecule has 11 heteroatoms. The zero-order chi connectivity index (χ0) is 24.3. The second-order valence-corrected chi connectivity index (χ2v) is 8.32. The van der Waals surface area contributed by atoms with Crippen LogP contribution in [0.25, 0.3) is 0 Å². The standard InChI is InChI=1S/C22H26F3N3O5/c1-13(2)12-33-16-8-18(21(30)31)27(11-16)19-9-17(22(23,24)25)20(29)28(26-19)10-14-4-6-15(32-3)7-5-14/h4-7,9,13,16,18H,8,10-12H2,1-3H3,(H,30,31)/t16-,18-/m0/s1. The first-order valence-corrected chi connectivity index (χ1v) is 10.4. The highest BCUT2D eigenvalue weighted by atomic mass is 19.4. The van der Waals surface area contributed by atoms with Crippen LogP contribution in [0.5, 0.6) is 5.75 Å². The summed E-state index contributed by atoms with van der Waals surface area (Å²) in [6.07, 6.45) is -5.31. The van der Waals surface area contributed by atoms with Crippen molar-refractivity contribution in [3.05, 3.63) is 51.8 Å². The molecule has 1 aromatic carbocycles. The maximum Gasteiger partial charge on any atom is 0.421 e. The van der Waals surface area contributed by atoms with Gasteiger partial charge >= 0.3 is 12.1 Å². The van der Waals surface area contributed by atoms with E-state index in [1.807, 2.05) is 13.8 Å². The molecule has 1 aliphatic rings. The molecular formula is C22H26F3N3O5. The van der Waals surface area contributed by atoms with Crippen LogP contribution >= 0.6 is 0 Å². The van der Waals surface area contributed by atoms with Crippen LogP contribution in [-0.2, 0) is 22.3 Å². The van der Waals surface area contributed by atoms with Crippen LogP contribution in [-0.4, -0.2) is 53.3 Å². The molecule has 0 amide bonds. The highest BCUT2D eigenvalue weighted by Gasteiger charge is 2.41. The topological polar surface area (TPSA) is 93.9 Å². The molecule has 1 aromatic heterocycles. The Kier molecular flexibility index (Phi) is 7.31. The summed E-state index contributed by atoms with van der Waals surface area (Å²) >= 11 is 0. The molecule has 1 saturated heterocycles. The van der Waals surface area contributed by atoms with E-state index in [1.165, 1.54) is 12.0 Å². The second-order valence-electron chi connectivity index (χ2n) is 8.32. The summed E-state index contributed by atoms with van der Waals surface area (Å²) in [4.78, 5) is 25.6. The molecule has 1 aliphatic heterocycles. The summed E-state index contributed by atoms with van der Waals surface area (Å²) in [7, 11) is 1.48. The van der Waals surface area contributed by atoms with Gasteiger partial charge in [0.2, 0.25) is 0 Å². The van der Waals surface area contributed by atoms with E-state index in [1.54, 1.807) is 24.3 Å². The lowest BCUT2D eigenvalue weighted by Gasteiger charge is -2.24. The first-order chi connectivity index (χ1) is 15.5. The number of anilines is 1. The molecule has 2 atom stereocenters. The number of halogens is 3. The SMILES string of the molecule is COc1ccc(Cn2nc(N3C[C@@H](OCC(C)C)C[C@H]3C(=O)O)cc(C(F)(F)F)c2=O)cc1. The van der Waals surface area contributed by atoms with Gasteiger partial charge in [-0.25, -0.2) is 9.48 Å². The first kappa shape index (κ1) is 24.6. The Hall–Kier alpha value is -3.08. The number of benzene rings is 1. The molecule has 3 rings (SSSR count). The van der Waals surface area contributed by atoms with E-state index in [2.05, 4.69) is 5.10 Å². The number of ether oxygens (including phenoxy) is 2. The molecule has 1 fully saturated rings.